The highest BCUT2D eigenvalue weighted by Gasteiger charge is 2.30. The highest BCUT2D eigenvalue weighted by molar-refractivity contribution is 7.89. The molecule has 0 saturated carbocycles. The normalized spacial score (nSPS) is 15.1. The quantitative estimate of drug-likeness (QED) is 0.436. The second-order valence-corrected chi connectivity index (χ2v) is 8.76. The minimum absolute atomic E-state index is 0.126. The van der Waals surface area contributed by atoms with E-state index in [2.05, 4.69) is 0 Å². The smallest absolute Gasteiger partial charge is 0.335 e. The van der Waals surface area contributed by atoms with Crippen molar-refractivity contribution in [3.63, 3.8) is 0 Å². The Labute approximate surface area is 194 Å². The highest BCUT2D eigenvalue weighted by atomic mass is 32.2. The van der Waals surface area contributed by atoms with Crippen molar-refractivity contribution in [3.8, 4) is 11.5 Å². The van der Waals surface area contributed by atoms with E-state index in [-0.39, 0.29) is 10.6 Å². The number of carbonyl (C=O) groups is 1. The van der Waals surface area contributed by atoms with Crippen LogP contribution < -0.4 is 14.8 Å². The zero-order chi connectivity index (χ0) is 28.6. The summed E-state index contributed by atoms with van der Waals surface area (Å²) in [7, 11) is -4.88. The van der Waals surface area contributed by atoms with Crippen molar-refractivity contribution < 1.29 is 46.1 Å². The van der Waals surface area contributed by atoms with Crippen molar-refractivity contribution in [2.75, 3.05) is 17.9 Å². The van der Waals surface area contributed by atoms with Gasteiger partial charge in [-0.25, -0.2) is 35.9 Å². The first-order valence-electron chi connectivity index (χ1n) is 11.3. The van der Waals surface area contributed by atoms with Crippen LogP contribution in [0.25, 0.3) is 0 Å². The first-order valence-corrected chi connectivity index (χ1v) is 10.8. The van der Waals surface area contributed by atoms with Crippen LogP contribution in [0.5, 0.6) is 11.5 Å². The summed E-state index contributed by atoms with van der Waals surface area (Å²) in [5, 5.41) is 14.7. The zero-order valence-corrected chi connectivity index (χ0v) is 18.3. The third-order valence-electron chi connectivity index (χ3n) is 3.89. The molecule has 12 heteroatoms. The number of anilines is 1. The molecule has 0 unspecified atom stereocenters. The Bertz CT molecular complexity index is 1230. The van der Waals surface area contributed by atoms with Gasteiger partial charge in [-0.1, -0.05) is 18.2 Å². The maximum absolute atomic E-state index is 14.0. The Kier molecular flexibility index (Phi) is 6.25. The third-order valence-corrected chi connectivity index (χ3v) is 4.80. The van der Waals surface area contributed by atoms with E-state index in [1.165, 1.54) is 30.3 Å². The molecule has 3 N–H and O–H groups in total. The predicted octanol–water partition coefficient (Wildman–Crippen LogP) is 4.72. The number of nitrogens with two attached hydrogens (primary N) is 1. The third kappa shape index (κ3) is 8.21. The highest BCUT2D eigenvalue weighted by Crippen LogP contribution is 2.40. The van der Waals surface area contributed by atoms with Crippen LogP contribution in [-0.2, 0) is 10.0 Å². The van der Waals surface area contributed by atoms with Crippen molar-refractivity contribution in [2.45, 2.75) is 43.4 Å². The summed E-state index contributed by atoms with van der Waals surface area (Å²) in [5.41, 5.74) is -1.93. The number of para-hydroxylation sites is 1. The number of rotatable bonds is 11. The molecule has 0 radical (unpaired) electrons. The Morgan fingerprint density at radius 2 is 1.61 bits per heavy atom. The van der Waals surface area contributed by atoms with Gasteiger partial charge in [0.25, 0.3) is 0 Å². The lowest BCUT2D eigenvalue weighted by atomic mass is 10.1. The maximum Gasteiger partial charge on any atom is 0.335 e. The van der Waals surface area contributed by atoms with Crippen molar-refractivity contribution in [1.29, 1.82) is 0 Å². The number of hydrogen-bond donors (Lipinski definition) is 2. The van der Waals surface area contributed by atoms with E-state index >= 15 is 0 Å². The molecule has 0 aliphatic heterocycles. The van der Waals surface area contributed by atoms with Crippen molar-refractivity contribution >= 4 is 21.7 Å². The average Bonchev–Trinajstić information content (AvgIpc) is 2.64. The summed E-state index contributed by atoms with van der Waals surface area (Å²) in [6.07, 6.45) is -3.50. The van der Waals surface area contributed by atoms with Crippen molar-refractivity contribution in [3.05, 3.63) is 48.0 Å². The van der Waals surface area contributed by atoms with E-state index in [0.717, 1.165) is 0 Å². The lowest BCUT2D eigenvalue weighted by Gasteiger charge is -2.30. The van der Waals surface area contributed by atoms with Crippen LogP contribution in [0.3, 0.4) is 0 Å². The summed E-state index contributed by atoms with van der Waals surface area (Å²) in [5.74, 6) is -10.5. The van der Waals surface area contributed by atoms with Gasteiger partial charge < -0.3 is 14.7 Å². The summed E-state index contributed by atoms with van der Waals surface area (Å²) in [4.78, 5) is 10.5. The Morgan fingerprint density at radius 1 is 1.09 bits per heavy atom. The van der Waals surface area contributed by atoms with Crippen LogP contribution in [0.15, 0.2) is 47.4 Å². The molecule has 0 fully saturated rings. The molecule has 2 aromatic carbocycles. The van der Waals surface area contributed by atoms with Crippen LogP contribution in [0.4, 0.5) is 23.2 Å². The van der Waals surface area contributed by atoms with Gasteiger partial charge in [-0.3, -0.25) is 0 Å². The molecule has 7 nitrogen and oxygen atoms in total. The number of hydrogen-bond acceptors (Lipinski definition) is 5. The fourth-order valence-electron chi connectivity index (χ4n) is 2.46. The maximum atomic E-state index is 14.0. The molecule has 0 heterocycles. The van der Waals surface area contributed by atoms with Gasteiger partial charge in [-0.15, -0.1) is 0 Å². The summed E-state index contributed by atoms with van der Waals surface area (Å²) in [6.45, 7) is -6.38. The lowest BCUT2D eigenvalue weighted by molar-refractivity contribution is 0.0102. The summed E-state index contributed by atoms with van der Waals surface area (Å²) >= 11 is 0. The van der Waals surface area contributed by atoms with E-state index in [1.807, 2.05) is 0 Å². The molecule has 33 heavy (non-hydrogen) atoms. The number of sulfonamides is 1. The SMILES string of the molecule is [2H]C([2H])(CC(C)(F)F)N(c1cc(C(=O)O)cc(S(N)(=O)=O)c1Oc1ccccc1)C([2H])([2H])CC(C)(F)F. The molecule has 0 amide bonds. The molecule has 0 bridgehead atoms. The van der Waals surface area contributed by atoms with E-state index in [0.29, 0.717) is 26.0 Å². The molecule has 182 valence electrons. The van der Waals surface area contributed by atoms with Gasteiger partial charge in [-0.2, -0.15) is 0 Å². The zero-order valence-electron chi connectivity index (χ0n) is 21.5. The molecule has 2 rings (SSSR count). The summed E-state index contributed by atoms with van der Waals surface area (Å²) in [6, 6.07) is 8.05. The van der Waals surface area contributed by atoms with Crippen molar-refractivity contribution in [2.24, 2.45) is 5.14 Å². The monoisotopic (exact) mass is 496 g/mol. The molecule has 0 aromatic heterocycles. The van der Waals surface area contributed by atoms with Gasteiger partial charge in [0.05, 0.1) is 11.3 Å². The Hall–Kier alpha value is -2.86. The lowest BCUT2D eigenvalue weighted by Crippen LogP contribution is -2.33. The van der Waals surface area contributed by atoms with Crippen LogP contribution in [0.1, 0.15) is 42.5 Å². The number of nitrogens with zero attached hydrogens (tertiary/aromatic N) is 1. The second-order valence-electron chi connectivity index (χ2n) is 7.23. The Morgan fingerprint density at radius 3 is 2.03 bits per heavy atom. The number of carboxylic acids is 1. The first kappa shape index (κ1) is 20.7. The largest absolute Gasteiger partial charge is 0.478 e. The van der Waals surface area contributed by atoms with Gasteiger partial charge in [-0.05, 0) is 38.1 Å². The number of aromatic carboxylic acids is 1. The van der Waals surface area contributed by atoms with Gasteiger partial charge in [0.2, 0.25) is 21.9 Å². The molecule has 0 spiro atoms. The molecule has 0 atom stereocenters. The number of alkyl halides is 4. The van der Waals surface area contributed by atoms with Crippen LogP contribution in [0.2, 0.25) is 0 Å². The van der Waals surface area contributed by atoms with E-state index < -0.39 is 75.6 Å². The van der Waals surface area contributed by atoms with Crippen molar-refractivity contribution in [1.82, 2.24) is 0 Å². The minimum Gasteiger partial charge on any atom is -0.478 e. The molecule has 0 aliphatic carbocycles. The van der Waals surface area contributed by atoms with Crippen LogP contribution in [0, 0.1) is 0 Å². The van der Waals surface area contributed by atoms with Gasteiger partial charge in [0, 0.05) is 31.3 Å². The Balaban J connectivity index is 3.05. The molecular weight excluding hydrogens is 468 g/mol. The van der Waals surface area contributed by atoms with Gasteiger partial charge in [0.1, 0.15) is 10.6 Å². The number of halogens is 4. The first-order chi connectivity index (χ1) is 16.5. The average molecular weight is 497 g/mol. The molecular formula is C21H24F4N2O5S. The number of carboxylic acid groups (broad SMARTS) is 1. The fraction of sp³-hybridized carbons (Fsp3) is 0.381. The van der Waals surface area contributed by atoms with Crippen LogP contribution in [-0.4, -0.2) is 44.3 Å². The topological polar surface area (TPSA) is 110 Å². The van der Waals surface area contributed by atoms with E-state index in [4.69, 9.17) is 15.4 Å². The van der Waals surface area contributed by atoms with E-state index in [9.17, 15) is 35.9 Å². The molecule has 0 saturated heterocycles. The number of ether oxygens (including phenoxy) is 1. The van der Waals surface area contributed by atoms with Gasteiger partial charge >= 0.3 is 5.97 Å². The predicted molar refractivity (Wildman–Crippen MR) is 114 cm³/mol. The standard InChI is InChI=1S/C21H24F4N2O5S/c1-20(22,23)8-10-27(11-9-21(2,24)25)16-12-14(19(28)29)13-17(33(26,30)31)18(16)32-15-6-4-3-5-7-15/h3-7,12-13H,8-11H2,1-2H3,(H,28,29)(H2,26,30,31)/i10D2,11D2. The summed E-state index contributed by atoms with van der Waals surface area (Å²) < 4.78 is 119. The molecule has 2 aromatic rings. The van der Waals surface area contributed by atoms with E-state index in [1.54, 1.807) is 0 Å². The minimum atomic E-state index is -4.88. The number of primary sulfonamides is 1. The number of benzene rings is 2. The fourth-order valence-corrected chi connectivity index (χ4v) is 3.16. The molecule has 0 aliphatic rings. The second kappa shape index (κ2) is 9.96. The van der Waals surface area contributed by atoms with Crippen LogP contribution >= 0.6 is 0 Å². The van der Waals surface area contributed by atoms with Gasteiger partial charge in [0.15, 0.2) is 5.75 Å².